The van der Waals surface area contributed by atoms with E-state index in [1.807, 2.05) is 32.0 Å². The average Bonchev–Trinajstić information content (AvgIpc) is 3.29. The molecular formula is C21H17F2N5OS. The summed E-state index contributed by atoms with van der Waals surface area (Å²) < 4.78 is 34.6. The molecule has 0 bridgehead atoms. The summed E-state index contributed by atoms with van der Waals surface area (Å²) in [6.07, 6.45) is -1.04. The van der Waals surface area contributed by atoms with Crippen LogP contribution in [0.1, 0.15) is 34.6 Å². The molecule has 152 valence electrons. The zero-order chi connectivity index (χ0) is 21.0. The molecule has 0 aliphatic carbocycles. The quantitative estimate of drug-likeness (QED) is 0.389. The lowest BCUT2D eigenvalue weighted by Crippen LogP contribution is -2.00. The summed E-state index contributed by atoms with van der Waals surface area (Å²) >= 11 is 1.30. The van der Waals surface area contributed by atoms with Gasteiger partial charge >= 0.3 is 0 Å². The van der Waals surface area contributed by atoms with E-state index in [2.05, 4.69) is 20.1 Å². The molecule has 30 heavy (non-hydrogen) atoms. The van der Waals surface area contributed by atoms with Crippen LogP contribution in [0.25, 0.3) is 26.1 Å². The average molecular weight is 425 g/mol. The topological polar surface area (TPSA) is 65.2 Å². The Morgan fingerprint density at radius 2 is 1.97 bits per heavy atom. The van der Waals surface area contributed by atoms with Gasteiger partial charge in [0.25, 0.3) is 6.43 Å². The Hall–Kier alpha value is -3.20. The van der Waals surface area contributed by atoms with Crippen molar-refractivity contribution in [2.24, 2.45) is 0 Å². The maximum Gasteiger partial charge on any atom is 0.280 e. The first-order valence-electron chi connectivity index (χ1n) is 9.33. The van der Waals surface area contributed by atoms with Gasteiger partial charge in [-0.05, 0) is 49.6 Å². The number of hydrogen-bond acceptors (Lipinski definition) is 6. The number of aryl methyl sites for hydroxylation is 2. The lowest BCUT2D eigenvalue weighted by atomic mass is 10.1. The Morgan fingerprint density at radius 3 is 2.77 bits per heavy atom. The van der Waals surface area contributed by atoms with Crippen LogP contribution in [0, 0.1) is 20.8 Å². The number of hydrogen-bond donors (Lipinski definition) is 0. The van der Waals surface area contributed by atoms with Crippen LogP contribution in [0.4, 0.5) is 8.78 Å². The highest BCUT2D eigenvalue weighted by atomic mass is 32.1. The summed E-state index contributed by atoms with van der Waals surface area (Å²) in [5.41, 5.74) is 4.02. The summed E-state index contributed by atoms with van der Waals surface area (Å²) in [6.45, 7) is 6.05. The van der Waals surface area contributed by atoms with E-state index >= 15 is 0 Å². The van der Waals surface area contributed by atoms with E-state index < -0.39 is 6.43 Å². The van der Waals surface area contributed by atoms with Crippen molar-refractivity contribution in [3.63, 3.8) is 0 Å². The smallest absolute Gasteiger partial charge is 0.280 e. The van der Waals surface area contributed by atoms with Gasteiger partial charge in [0, 0.05) is 5.39 Å². The van der Waals surface area contributed by atoms with Gasteiger partial charge in [-0.2, -0.15) is 0 Å². The van der Waals surface area contributed by atoms with Crippen LogP contribution in [0.15, 0.2) is 30.6 Å². The SMILES string of the molecule is Cc1cccc(OCc2nc3c4sc5nc(C(F)F)cc(C)c5c4ncn3n2)c1C. The van der Waals surface area contributed by atoms with Crippen molar-refractivity contribution in [2.45, 2.75) is 33.8 Å². The van der Waals surface area contributed by atoms with E-state index in [9.17, 15) is 8.78 Å². The molecule has 1 aromatic carbocycles. The first kappa shape index (κ1) is 18.8. The van der Waals surface area contributed by atoms with Crippen molar-refractivity contribution in [3.05, 3.63) is 58.8 Å². The molecule has 6 nitrogen and oxygen atoms in total. The number of pyridine rings is 1. The van der Waals surface area contributed by atoms with Gasteiger partial charge in [0.1, 0.15) is 33.9 Å². The van der Waals surface area contributed by atoms with E-state index in [-0.39, 0.29) is 12.3 Å². The van der Waals surface area contributed by atoms with Gasteiger partial charge in [0.15, 0.2) is 11.5 Å². The monoisotopic (exact) mass is 425 g/mol. The number of rotatable bonds is 4. The molecule has 0 radical (unpaired) electrons. The minimum Gasteiger partial charge on any atom is -0.485 e. The fourth-order valence-electron chi connectivity index (χ4n) is 3.47. The van der Waals surface area contributed by atoms with Crippen LogP contribution in [0.3, 0.4) is 0 Å². The van der Waals surface area contributed by atoms with Crippen molar-refractivity contribution in [3.8, 4) is 5.75 Å². The van der Waals surface area contributed by atoms with E-state index in [1.54, 1.807) is 17.8 Å². The highest BCUT2D eigenvalue weighted by molar-refractivity contribution is 7.26. The Bertz CT molecular complexity index is 1430. The lowest BCUT2D eigenvalue weighted by molar-refractivity contribution is 0.146. The predicted molar refractivity (Wildman–Crippen MR) is 111 cm³/mol. The maximum atomic E-state index is 13.2. The van der Waals surface area contributed by atoms with E-state index in [1.165, 1.54) is 17.4 Å². The summed E-state index contributed by atoms with van der Waals surface area (Å²) in [5, 5.41) is 5.23. The Labute approximate surface area is 174 Å². The summed E-state index contributed by atoms with van der Waals surface area (Å²) in [5.74, 6) is 1.30. The normalized spacial score (nSPS) is 11.9. The molecule has 0 amide bonds. The number of aromatic nitrogens is 5. The van der Waals surface area contributed by atoms with Gasteiger partial charge in [-0.25, -0.2) is 28.2 Å². The van der Waals surface area contributed by atoms with Crippen LogP contribution in [-0.4, -0.2) is 24.6 Å². The second-order valence-electron chi connectivity index (χ2n) is 7.15. The maximum absolute atomic E-state index is 13.2. The Balaban J connectivity index is 1.57. The third kappa shape index (κ3) is 2.97. The first-order valence-corrected chi connectivity index (χ1v) is 10.1. The number of halogens is 2. The molecule has 0 saturated heterocycles. The van der Waals surface area contributed by atoms with E-state index in [0.717, 1.165) is 32.5 Å². The van der Waals surface area contributed by atoms with Gasteiger partial charge in [0.05, 0.1) is 5.52 Å². The molecule has 0 atom stereocenters. The number of benzene rings is 1. The number of nitrogens with zero attached hydrogens (tertiary/aromatic N) is 5. The molecule has 5 rings (SSSR count). The molecule has 0 N–H and O–H groups in total. The summed E-state index contributed by atoms with van der Waals surface area (Å²) in [7, 11) is 0. The van der Waals surface area contributed by atoms with Crippen molar-refractivity contribution in [2.75, 3.05) is 0 Å². The lowest BCUT2D eigenvalue weighted by Gasteiger charge is -2.08. The molecular weight excluding hydrogens is 408 g/mol. The number of thiophene rings is 1. The molecule has 4 aromatic heterocycles. The fourth-order valence-corrected chi connectivity index (χ4v) is 4.66. The Morgan fingerprint density at radius 1 is 1.13 bits per heavy atom. The molecule has 0 saturated carbocycles. The van der Waals surface area contributed by atoms with Crippen LogP contribution < -0.4 is 4.74 Å². The van der Waals surface area contributed by atoms with Crippen molar-refractivity contribution >= 4 is 37.4 Å². The van der Waals surface area contributed by atoms with Crippen LogP contribution in [-0.2, 0) is 6.61 Å². The minimum atomic E-state index is -2.62. The summed E-state index contributed by atoms with van der Waals surface area (Å²) in [6, 6.07) is 7.31. The highest BCUT2D eigenvalue weighted by Crippen LogP contribution is 2.36. The van der Waals surface area contributed by atoms with Gasteiger partial charge in [0.2, 0.25) is 0 Å². The molecule has 9 heteroatoms. The van der Waals surface area contributed by atoms with Crippen LogP contribution in [0.5, 0.6) is 5.75 Å². The Kier molecular flexibility index (Phi) is 4.35. The molecule has 0 unspecified atom stereocenters. The number of alkyl halides is 2. The first-order chi connectivity index (χ1) is 14.4. The van der Waals surface area contributed by atoms with E-state index in [0.29, 0.717) is 21.8 Å². The van der Waals surface area contributed by atoms with Gasteiger partial charge in [-0.3, -0.25) is 0 Å². The minimum absolute atomic E-state index is 0.213. The van der Waals surface area contributed by atoms with Gasteiger partial charge in [-0.1, -0.05) is 12.1 Å². The van der Waals surface area contributed by atoms with Crippen LogP contribution >= 0.6 is 11.3 Å². The predicted octanol–water partition coefficient (Wildman–Crippen LogP) is 5.33. The van der Waals surface area contributed by atoms with Crippen LogP contribution in [0.2, 0.25) is 0 Å². The third-order valence-electron chi connectivity index (χ3n) is 5.16. The molecule has 0 fully saturated rings. The van der Waals surface area contributed by atoms with Crippen molar-refractivity contribution < 1.29 is 13.5 Å². The standard InChI is InChI=1S/C21H17F2N5OS/c1-10-5-4-6-14(12(10)3)29-8-15-26-20-18-17(24-9-28(20)27-15)16-11(2)7-13(19(22)23)25-21(16)30-18/h4-7,9,19H,8H2,1-3H3. The zero-order valence-corrected chi connectivity index (χ0v) is 17.3. The molecule has 0 spiro atoms. The molecule has 0 aliphatic heterocycles. The molecule has 5 aromatic rings. The molecule has 4 heterocycles. The number of fused-ring (bicyclic) bond motifs is 5. The largest absolute Gasteiger partial charge is 0.485 e. The van der Waals surface area contributed by atoms with Crippen molar-refractivity contribution in [1.82, 2.24) is 24.6 Å². The van der Waals surface area contributed by atoms with Gasteiger partial charge < -0.3 is 4.74 Å². The summed E-state index contributed by atoms with van der Waals surface area (Å²) in [4.78, 5) is 13.8. The van der Waals surface area contributed by atoms with E-state index in [4.69, 9.17) is 4.74 Å². The molecule has 0 aliphatic rings. The highest BCUT2D eigenvalue weighted by Gasteiger charge is 2.19. The van der Waals surface area contributed by atoms with Gasteiger partial charge in [-0.15, -0.1) is 16.4 Å². The second kappa shape index (κ2) is 6.94. The zero-order valence-electron chi connectivity index (χ0n) is 16.5. The fraction of sp³-hybridized carbons (Fsp3) is 0.238. The van der Waals surface area contributed by atoms with Crippen molar-refractivity contribution in [1.29, 1.82) is 0 Å². The second-order valence-corrected chi connectivity index (χ2v) is 8.15. The number of ether oxygens (including phenoxy) is 1. The third-order valence-corrected chi connectivity index (χ3v) is 6.23.